The minimum atomic E-state index is 1.22. The highest BCUT2D eigenvalue weighted by molar-refractivity contribution is 5.40. The monoisotopic (exact) mass is 352 g/mol. The zero-order valence-corrected chi connectivity index (χ0v) is 20.3. The lowest BCUT2D eigenvalue weighted by Crippen LogP contribution is -1.83. The molecule has 0 rings (SSSR count). The Bertz CT molecular complexity index is 320. The van der Waals surface area contributed by atoms with Crippen molar-refractivity contribution in [1.82, 2.24) is 0 Å². The maximum atomic E-state index is 3.83. The molecule has 0 unspecified atom stereocenters. The van der Waals surface area contributed by atoms with Crippen molar-refractivity contribution in [2.45, 2.75) is 116 Å². The Kier molecular flexibility index (Phi) is 48.2. The normalized spacial score (nSPS) is 9.08. The lowest BCUT2D eigenvalue weighted by atomic mass is 10.0. The molecule has 0 fully saturated rings. The fourth-order valence-electron chi connectivity index (χ4n) is 1.69. The number of hydrogen-bond acceptors (Lipinski definition) is 0. The molecule has 0 aromatic rings. The Hall–Kier alpha value is -1.04. The highest BCUT2D eigenvalue weighted by Gasteiger charge is 1.95. The molecule has 0 bridgehead atoms. The molecule has 0 aromatic carbocycles. The topological polar surface area (TPSA) is 0 Å². The third-order valence-electron chi connectivity index (χ3n) is 2.94. The van der Waals surface area contributed by atoms with Crippen molar-refractivity contribution in [3.8, 4) is 0 Å². The predicted octanol–water partition coefficient (Wildman–Crippen LogP) is 10.1. The van der Waals surface area contributed by atoms with Crippen LogP contribution in [0.2, 0.25) is 0 Å². The van der Waals surface area contributed by atoms with E-state index >= 15 is 0 Å². The molecule has 0 N–H and O–H groups in total. The van der Waals surface area contributed by atoms with Crippen LogP contribution in [0.3, 0.4) is 0 Å². The zero-order valence-electron chi connectivity index (χ0n) is 20.3. The van der Waals surface area contributed by atoms with E-state index in [9.17, 15) is 0 Å². The number of allylic oxidation sites excluding steroid dienone is 7. The quantitative estimate of drug-likeness (QED) is 0.253. The van der Waals surface area contributed by atoms with Crippen LogP contribution in [0.15, 0.2) is 47.1 Å². The summed E-state index contributed by atoms with van der Waals surface area (Å²) in [6, 6.07) is 0. The SMILES string of the molecule is C/C=C\C(=C(C)C)/C(C)=C\C.C=C(C)CCCCC.CC.CC.CC. The van der Waals surface area contributed by atoms with E-state index in [1.807, 2.05) is 48.5 Å². The number of rotatable bonds is 6. The average Bonchev–Trinajstić information content (AvgIpc) is 2.64. The van der Waals surface area contributed by atoms with Crippen LogP contribution < -0.4 is 0 Å². The van der Waals surface area contributed by atoms with Crippen molar-refractivity contribution in [1.29, 1.82) is 0 Å². The van der Waals surface area contributed by atoms with Gasteiger partial charge in [-0.2, -0.15) is 0 Å². The van der Waals surface area contributed by atoms with Gasteiger partial charge in [0.1, 0.15) is 0 Å². The molecule has 0 aliphatic carbocycles. The van der Waals surface area contributed by atoms with E-state index in [1.165, 1.54) is 48.0 Å². The molecule has 0 heteroatoms. The van der Waals surface area contributed by atoms with E-state index in [-0.39, 0.29) is 0 Å². The summed E-state index contributed by atoms with van der Waals surface area (Å²) >= 11 is 0. The fraction of sp³-hybridized carbons (Fsp3) is 0.680. The molecule has 0 saturated heterocycles. The lowest BCUT2D eigenvalue weighted by molar-refractivity contribution is 0.714. The van der Waals surface area contributed by atoms with Gasteiger partial charge in [0.2, 0.25) is 0 Å². The van der Waals surface area contributed by atoms with Crippen molar-refractivity contribution in [3.63, 3.8) is 0 Å². The maximum absolute atomic E-state index is 3.83. The summed E-state index contributed by atoms with van der Waals surface area (Å²) in [4.78, 5) is 0. The molecule has 0 aliphatic rings. The van der Waals surface area contributed by atoms with Gasteiger partial charge in [-0.25, -0.2) is 0 Å². The Morgan fingerprint density at radius 1 is 0.800 bits per heavy atom. The van der Waals surface area contributed by atoms with Gasteiger partial charge in [-0.3, -0.25) is 0 Å². The first-order chi connectivity index (χ1) is 11.9. The van der Waals surface area contributed by atoms with E-state index in [4.69, 9.17) is 0 Å². The fourth-order valence-corrected chi connectivity index (χ4v) is 1.69. The van der Waals surface area contributed by atoms with Crippen molar-refractivity contribution in [2.24, 2.45) is 0 Å². The van der Waals surface area contributed by atoms with Gasteiger partial charge in [0, 0.05) is 0 Å². The smallest absolute Gasteiger partial charge is 0.0247 e. The first-order valence-electron chi connectivity index (χ1n) is 10.5. The van der Waals surface area contributed by atoms with Crippen LogP contribution in [0.25, 0.3) is 0 Å². The van der Waals surface area contributed by atoms with Gasteiger partial charge in [0.25, 0.3) is 0 Å². The van der Waals surface area contributed by atoms with Crippen LogP contribution in [0.4, 0.5) is 0 Å². The zero-order chi connectivity index (χ0) is 21.3. The van der Waals surface area contributed by atoms with Crippen LogP contribution in [-0.4, -0.2) is 0 Å². The minimum absolute atomic E-state index is 1.22. The minimum Gasteiger partial charge on any atom is -0.100 e. The van der Waals surface area contributed by atoms with Gasteiger partial charge in [-0.1, -0.05) is 90.7 Å². The summed E-state index contributed by atoms with van der Waals surface area (Å²) in [5.41, 5.74) is 5.40. The highest BCUT2D eigenvalue weighted by Crippen LogP contribution is 2.15. The third kappa shape index (κ3) is 35.1. The molecule has 0 heterocycles. The van der Waals surface area contributed by atoms with Gasteiger partial charge in [0.05, 0.1) is 0 Å². The molecule has 0 aliphatic heterocycles. The predicted molar refractivity (Wildman–Crippen MR) is 126 cm³/mol. The number of unbranched alkanes of at least 4 members (excludes halogenated alkanes) is 2. The molecule has 0 atom stereocenters. The second kappa shape index (κ2) is 34.3. The largest absolute Gasteiger partial charge is 0.100 e. The Balaban J connectivity index is -0.0000000838. The molecule has 25 heavy (non-hydrogen) atoms. The third-order valence-corrected chi connectivity index (χ3v) is 2.94. The first kappa shape index (κ1) is 35.1. The Morgan fingerprint density at radius 3 is 1.48 bits per heavy atom. The Labute approximate surface area is 163 Å². The van der Waals surface area contributed by atoms with Gasteiger partial charge in [0.15, 0.2) is 0 Å². The summed E-state index contributed by atoms with van der Waals surface area (Å²) in [5.74, 6) is 0. The second-order valence-electron chi connectivity index (χ2n) is 5.30. The van der Waals surface area contributed by atoms with Crippen LogP contribution in [-0.2, 0) is 0 Å². The summed E-state index contributed by atoms with van der Waals surface area (Å²) < 4.78 is 0. The first-order valence-corrected chi connectivity index (χ1v) is 10.5. The van der Waals surface area contributed by atoms with Gasteiger partial charge in [-0.05, 0) is 65.5 Å². The summed E-state index contributed by atoms with van der Waals surface area (Å²) in [6.07, 6.45) is 11.6. The van der Waals surface area contributed by atoms with Crippen molar-refractivity contribution in [2.75, 3.05) is 0 Å². The van der Waals surface area contributed by atoms with E-state index in [0.29, 0.717) is 0 Å². The lowest BCUT2D eigenvalue weighted by Gasteiger charge is -2.03. The van der Waals surface area contributed by atoms with Gasteiger partial charge in [-0.15, -0.1) is 6.58 Å². The standard InChI is InChI=1S/C11H18.C8H16.3C2H6/c1-6-8-11(9(3)4)10(5)7-2;1-4-5-6-7-8(2)3;3*1-2/h6-8H,1-5H3;2,4-7H2,1,3H3;3*1-2H3/b8-6-,10-7-;;;;. The molecule has 152 valence electrons. The van der Waals surface area contributed by atoms with E-state index in [0.717, 1.165) is 0 Å². The van der Waals surface area contributed by atoms with Gasteiger partial charge >= 0.3 is 0 Å². The van der Waals surface area contributed by atoms with Crippen LogP contribution in [0, 0.1) is 0 Å². The molecular weight excluding hydrogens is 300 g/mol. The van der Waals surface area contributed by atoms with E-state index in [1.54, 1.807) is 0 Å². The molecule has 0 aromatic heterocycles. The summed E-state index contributed by atoms with van der Waals surface area (Å²) in [5, 5.41) is 0. The average molecular weight is 353 g/mol. The van der Waals surface area contributed by atoms with E-state index in [2.05, 4.69) is 66.3 Å². The Morgan fingerprint density at radius 2 is 1.24 bits per heavy atom. The number of hydrogen-bond donors (Lipinski definition) is 0. The summed E-state index contributed by atoms with van der Waals surface area (Å²) in [7, 11) is 0. The molecule has 0 amide bonds. The van der Waals surface area contributed by atoms with Crippen molar-refractivity contribution >= 4 is 0 Å². The van der Waals surface area contributed by atoms with Crippen LogP contribution >= 0.6 is 0 Å². The second-order valence-corrected chi connectivity index (χ2v) is 5.30. The van der Waals surface area contributed by atoms with Crippen LogP contribution in [0.1, 0.15) is 116 Å². The summed E-state index contributed by atoms with van der Waals surface area (Å²) in [6.45, 7) is 30.7. The van der Waals surface area contributed by atoms with Crippen molar-refractivity contribution < 1.29 is 0 Å². The maximum Gasteiger partial charge on any atom is -0.0247 e. The van der Waals surface area contributed by atoms with Gasteiger partial charge < -0.3 is 0 Å². The van der Waals surface area contributed by atoms with Crippen molar-refractivity contribution in [3.05, 3.63) is 47.1 Å². The highest BCUT2D eigenvalue weighted by atomic mass is 14.0. The molecule has 0 spiro atoms. The molecule has 0 nitrogen and oxygen atoms in total. The molecule has 0 radical (unpaired) electrons. The molecular formula is C25H52. The van der Waals surface area contributed by atoms with E-state index < -0.39 is 0 Å². The molecule has 0 saturated carbocycles. The van der Waals surface area contributed by atoms with Crippen LogP contribution in [0.5, 0.6) is 0 Å².